The van der Waals surface area contributed by atoms with Crippen LogP contribution in [-0.2, 0) is 24.6 Å². The van der Waals surface area contributed by atoms with Crippen LogP contribution in [0, 0.1) is 5.92 Å². The minimum absolute atomic E-state index is 0.0374. The topological polar surface area (TPSA) is 119 Å². The predicted molar refractivity (Wildman–Crippen MR) is 190 cm³/mol. The van der Waals surface area contributed by atoms with Crippen LogP contribution in [0.3, 0.4) is 0 Å². The molecule has 0 aliphatic carbocycles. The number of carboxylic acid groups (broad SMARTS) is 1. The van der Waals surface area contributed by atoms with E-state index in [2.05, 4.69) is 47.0 Å². The van der Waals surface area contributed by atoms with Gasteiger partial charge in [-0.05, 0) is 80.6 Å². The van der Waals surface area contributed by atoms with Crippen molar-refractivity contribution in [3.63, 3.8) is 0 Å². The number of benzene rings is 3. The maximum atomic E-state index is 14.5. The third kappa shape index (κ3) is 9.20. The van der Waals surface area contributed by atoms with Crippen molar-refractivity contribution in [2.45, 2.75) is 75.0 Å². The highest BCUT2D eigenvalue weighted by atomic mass is 19.4. The number of piperidine rings is 1. The van der Waals surface area contributed by atoms with Crippen LogP contribution in [0.5, 0.6) is 0 Å². The molecule has 3 fully saturated rings. The van der Waals surface area contributed by atoms with Gasteiger partial charge >= 0.3 is 12.1 Å². The zero-order valence-corrected chi connectivity index (χ0v) is 29.2. The summed E-state index contributed by atoms with van der Waals surface area (Å²) in [6.45, 7) is 3.85. The van der Waals surface area contributed by atoms with Crippen molar-refractivity contribution < 1.29 is 37.5 Å². The van der Waals surface area contributed by atoms with Crippen molar-refractivity contribution in [1.82, 2.24) is 20.4 Å². The Morgan fingerprint density at radius 1 is 0.712 bits per heavy atom. The SMILES string of the molecule is O=C(NCCC1CCNCC1)[C@H]1CCCN1C(=O)[C@@H]1CCCN1C(=O)CC(c1ccccc1)(c1ccccc1)c1ccccc1.O=C(O)C(F)(F)F. The summed E-state index contributed by atoms with van der Waals surface area (Å²) in [5.74, 6) is -2.29. The summed E-state index contributed by atoms with van der Waals surface area (Å²) < 4.78 is 31.7. The van der Waals surface area contributed by atoms with Crippen molar-refractivity contribution in [3.05, 3.63) is 108 Å². The summed E-state index contributed by atoms with van der Waals surface area (Å²) >= 11 is 0. The molecule has 3 aliphatic heterocycles. The second kappa shape index (κ2) is 17.7. The number of hydrogen-bond donors (Lipinski definition) is 3. The van der Waals surface area contributed by atoms with Gasteiger partial charge in [0.15, 0.2) is 0 Å². The maximum absolute atomic E-state index is 14.5. The van der Waals surface area contributed by atoms with Crippen LogP contribution in [0.25, 0.3) is 0 Å². The molecule has 52 heavy (non-hydrogen) atoms. The zero-order valence-electron chi connectivity index (χ0n) is 29.2. The van der Waals surface area contributed by atoms with Crippen LogP contribution >= 0.6 is 0 Å². The fraction of sp³-hybridized carbons (Fsp3) is 0.450. The lowest BCUT2D eigenvalue weighted by Crippen LogP contribution is -2.53. The number of rotatable bonds is 10. The normalized spacial score (nSPS) is 19.4. The number of carbonyl (C=O) groups is 4. The third-order valence-corrected chi connectivity index (χ3v) is 10.5. The van der Waals surface area contributed by atoms with Gasteiger partial charge in [-0.3, -0.25) is 14.4 Å². The number of halogens is 3. The lowest BCUT2D eigenvalue weighted by atomic mass is 9.67. The van der Waals surface area contributed by atoms with Gasteiger partial charge in [-0.15, -0.1) is 0 Å². The van der Waals surface area contributed by atoms with E-state index in [4.69, 9.17) is 9.90 Å². The van der Waals surface area contributed by atoms with E-state index in [1.165, 1.54) is 0 Å². The second-order valence-electron chi connectivity index (χ2n) is 13.7. The lowest BCUT2D eigenvalue weighted by molar-refractivity contribution is -0.192. The van der Waals surface area contributed by atoms with Gasteiger partial charge in [0.1, 0.15) is 12.1 Å². The van der Waals surface area contributed by atoms with Gasteiger partial charge in [-0.25, -0.2) is 4.79 Å². The minimum Gasteiger partial charge on any atom is -0.475 e. The van der Waals surface area contributed by atoms with Gasteiger partial charge < -0.3 is 25.5 Å². The second-order valence-corrected chi connectivity index (χ2v) is 13.7. The fourth-order valence-electron chi connectivity index (χ4n) is 7.81. The molecule has 0 bridgehead atoms. The van der Waals surface area contributed by atoms with Gasteiger partial charge in [0.2, 0.25) is 17.7 Å². The molecule has 3 N–H and O–H groups in total. The smallest absolute Gasteiger partial charge is 0.475 e. The number of aliphatic carboxylic acids is 1. The number of nitrogens with zero attached hydrogens (tertiary/aromatic N) is 2. The fourth-order valence-corrected chi connectivity index (χ4v) is 7.81. The summed E-state index contributed by atoms with van der Waals surface area (Å²) in [5.41, 5.74) is 2.40. The van der Waals surface area contributed by atoms with E-state index in [-0.39, 0.29) is 24.1 Å². The van der Waals surface area contributed by atoms with Crippen LogP contribution in [-0.4, -0.2) is 89.6 Å². The average Bonchev–Trinajstić information content (AvgIpc) is 3.86. The van der Waals surface area contributed by atoms with Crippen molar-refractivity contribution >= 4 is 23.7 Å². The third-order valence-electron chi connectivity index (χ3n) is 10.5. The summed E-state index contributed by atoms with van der Waals surface area (Å²) in [7, 11) is 0. The largest absolute Gasteiger partial charge is 0.490 e. The van der Waals surface area contributed by atoms with Gasteiger partial charge in [-0.1, -0.05) is 91.0 Å². The van der Waals surface area contributed by atoms with E-state index in [9.17, 15) is 27.6 Å². The molecule has 3 aliphatic rings. The Kier molecular flexibility index (Phi) is 13.1. The summed E-state index contributed by atoms with van der Waals surface area (Å²) in [6.07, 6.45) is 1.27. The first-order valence-corrected chi connectivity index (χ1v) is 18.1. The maximum Gasteiger partial charge on any atom is 0.490 e. The van der Waals surface area contributed by atoms with Crippen LogP contribution in [0.15, 0.2) is 91.0 Å². The van der Waals surface area contributed by atoms with E-state index < -0.39 is 29.6 Å². The Labute approximate surface area is 302 Å². The first kappa shape index (κ1) is 38.5. The Hall–Kier alpha value is -4.71. The number of alkyl halides is 3. The Morgan fingerprint density at radius 3 is 1.65 bits per heavy atom. The Balaban J connectivity index is 0.000000679. The van der Waals surface area contributed by atoms with Gasteiger partial charge in [-0.2, -0.15) is 13.2 Å². The molecule has 0 aromatic heterocycles. The highest BCUT2D eigenvalue weighted by molar-refractivity contribution is 5.93. The molecule has 0 radical (unpaired) electrons. The number of nitrogens with one attached hydrogen (secondary N) is 2. The average molecular weight is 721 g/mol. The van der Waals surface area contributed by atoms with Crippen LogP contribution in [0.2, 0.25) is 0 Å². The predicted octanol–water partition coefficient (Wildman–Crippen LogP) is 5.53. The lowest BCUT2D eigenvalue weighted by Gasteiger charge is -2.38. The molecule has 6 rings (SSSR count). The molecule has 0 saturated carbocycles. The molecular weight excluding hydrogens is 673 g/mol. The van der Waals surface area contributed by atoms with Crippen molar-refractivity contribution in [2.75, 3.05) is 32.7 Å². The van der Waals surface area contributed by atoms with Crippen molar-refractivity contribution in [2.24, 2.45) is 5.92 Å². The van der Waals surface area contributed by atoms with E-state index in [1.807, 2.05) is 54.6 Å². The number of amides is 3. The monoisotopic (exact) mass is 720 g/mol. The molecule has 2 atom stereocenters. The van der Waals surface area contributed by atoms with Crippen molar-refractivity contribution in [3.8, 4) is 0 Å². The number of carbonyl (C=O) groups excluding carboxylic acids is 3. The molecule has 0 unspecified atom stereocenters. The van der Waals surface area contributed by atoms with Crippen LogP contribution in [0.1, 0.15) is 68.1 Å². The van der Waals surface area contributed by atoms with E-state index in [0.29, 0.717) is 38.4 Å². The summed E-state index contributed by atoms with van der Waals surface area (Å²) in [4.78, 5) is 54.4. The molecule has 3 amide bonds. The zero-order chi connectivity index (χ0) is 37.1. The molecule has 3 aromatic rings. The molecular formula is C40H47F3N4O5. The molecule has 0 spiro atoms. The first-order chi connectivity index (χ1) is 25.0. The molecule has 3 heterocycles. The van der Waals surface area contributed by atoms with Gasteiger partial charge in [0, 0.05) is 26.1 Å². The van der Waals surface area contributed by atoms with E-state index >= 15 is 0 Å². The molecule has 3 aromatic carbocycles. The molecule has 12 heteroatoms. The Bertz CT molecular complexity index is 1540. The quantitative estimate of drug-likeness (QED) is 0.237. The van der Waals surface area contributed by atoms with E-state index in [0.717, 1.165) is 61.9 Å². The number of likely N-dealkylation sites (tertiary alicyclic amines) is 2. The van der Waals surface area contributed by atoms with Crippen molar-refractivity contribution in [1.29, 1.82) is 0 Å². The molecule has 3 saturated heterocycles. The van der Waals surface area contributed by atoms with Crippen LogP contribution < -0.4 is 10.6 Å². The Morgan fingerprint density at radius 2 is 1.17 bits per heavy atom. The van der Waals surface area contributed by atoms with E-state index in [1.54, 1.807) is 9.80 Å². The van der Waals surface area contributed by atoms with Gasteiger partial charge in [0.05, 0.1) is 5.41 Å². The summed E-state index contributed by atoms with van der Waals surface area (Å²) in [6, 6.07) is 29.7. The highest BCUT2D eigenvalue weighted by Gasteiger charge is 2.45. The number of hydrogen-bond acceptors (Lipinski definition) is 5. The molecule has 278 valence electrons. The summed E-state index contributed by atoms with van der Waals surface area (Å²) in [5, 5.41) is 13.7. The first-order valence-electron chi connectivity index (χ1n) is 18.1. The minimum atomic E-state index is -5.08. The molecule has 9 nitrogen and oxygen atoms in total. The number of carboxylic acids is 1. The standard InChI is InChI=1S/C38H46N4O3.C2HF3O2/c43-35(28-38(30-12-4-1-5-13-30,31-14-6-2-7-15-31)32-16-8-3-9-17-32)41-26-11-19-34(41)37(45)42-27-10-18-33(42)36(44)40-25-22-29-20-23-39-24-21-29;3-2(4,5)1(6)7/h1-9,12-17,29,33-34,39H,10-11,18-28H2,(H,40,44);(H,6,7)/t33-,34+;/m1./s1. The van der Waals surface area contributed by atoms with Gasteiger partial charge in [0.25, 0.3) is 0 Å². The van der Waals surface area contributed by atoms with Crippen LogP contribution in [0.4, 0.5) is 13.2 Å². The highest BCUT2D eigenvalue weighted by Crippen LogP contribution is 2.43.